The van der Waals surface area contributed by atoms with Crippen LogP contribution in [0.25, 0.3) is 0 Å². The average Bonchev–Trinajstić information content (AvgIpc) is 3.22. The molecule has 2 atom stereocenters. The Balaban J connectivity index is 1.67. The number of fused-ring (bicyclic) bond motifs is 1. The van der Waals surface area contributed by atoms with Gasteiger partial charge in [0.25, 0.3) is 0 Å². The molecule has 0 unspecified atom stereocenters. The van der Waals surface area contributed by atoms with E-state index in [-0.39, 0.29) is 17.5 Å². The van der Waals surface area contributed by atoms with Crippen LogP contribution in [0.3, 0.4) is 0 Å². The maximum Gasteiger partial charge on any atom is 0.233 e. The largest absolute Gasteiger partial charge is 0.508 e. The van der Waals surface area contributed by atoms with Crippen molar-refractivity contribution in [1.29, 1.82) is 0 Å². The Kier molecular flexibility index (Phi) is 5.43. The minimum atomic E-state index is -0.430. The zero-order chi connectivity index (χ0) is 24.0. The third-order valence-corrected chi connectivity index (χ3v) is 6.67. The highest BCUT2D eigenvalue weighted by molar-refractivity contribution is 6.02. The first-order chi connectivity index (χ1) is 16.5. The number of carbonyl (C=O) groups is 1. The number of allylic oxidation sites excluding steroid dienone is 2. The summed E-state index contributed by atoms with van der Waals surface area (Å²) in [6.07, 6.45) is 0.980. The van der Waals surface area contributed by atoms with E-state index in [2.05, 4.69) is 10.5 Å². The quantitative estimate of drug-likeness (QED) is 0.564. The molecule has 1 aliphatic carbocycles. The lowest BCUT2D eigenvalue weighted by Crippen LogP contribution is -2.29. The second-order valence-corrected chi connectivity index (χ2v) is 8.50. The van der Waals surface area contributed by atoms with Gasteiger partial charge in [0, 0.05) is 23.3 Å². The summed E-state index contributed by atoms with van der Waals surface area (Å²) in [5.74, 6) is 1.82. The summed E-state index contributed by atoms with van der Waals surface area (Å²) in [6.45, 7) is 1.86. The highest BCUT2D eigenvalue weighted by atomic mass is 16.5. The number of ether oxygens (including phenoxy) is 3. The van der Waals surface area contributed by atoms with E-state index >= 15 is 0 Å². The van der Waals surface area contributed by atoms with Crippen molar-refractivity contribution in [2.75, 3.05) is 26.6 Å². The van der Waals surface area contributed by atoms with Crippen LogP contribution in [0.1, 0.15) is 47.1 Å². The van der Waals surface area contributed by atoms with Crippen LogP contribution in [0.2, 0.25) is 0 Å². The third kappa shape index (κ3) is 3.37. The molecule has 0 bridgehead atoms. The number of anilines is 1. The second-order valence-electron chi connectivity index (χ2n) is 8.50. The molecule has 0 amide bonds. The van der Waals surface area contributed by atoms with Gasteiger partial charge in [0.1, 0.15) is 5.75 Å². The van der Waals surface area contributed by atoms with Gasteiger partial charge in [-0.25, -0.2) is 0 Å². The number of benzene rings is 2. The number of methoxy groups -OCH3 is 3. The Morgan fingerprint density at radius 2 is 1.74 bits per heavy atom. The number of Topliss-reactive ketones (excluding diaryl/α,β-unsaturated/α-hetero) is 1. The van der Waals surface area contributed by atoms with E-state index in [9.17, 15) is 9.90 Å². The number of carbonyl (C=O) groups excluding carboxylic acids is 1. The Bertz CT molecular complexity index is 1290. The number of rotatable bonds is 5. The highest BCUT2D eigenvalue weighted by Crippen LogP contribution is 2.53. The molecule has 1 aliphatic heterocycles. The number of phenolic OH excluding ortho intramolecular Hbond substituents is 1. The number of phenols is 1. The summed E-state index contributed by atoms with van der Waals surface area (Å²) in [5.41, 5.74) is 4.77. The maximum absolute atomic E-state index is 13.7. The molecule has 5 rings (SSSR count). The minimum Gasteiger partial charge on any atom is -0.508 e. The van der Waals surface area contributed by atoms with Gasteiger partial charge in [-0.05, 0) is 43.0 Å². The predicted octanol–water partition coefficient (Wildman–Crippen LogP) is 4.67. The van der Waals surface area contributed by atoms with E-state index in [0.717, 1.165) is 22.4 Å². The summed E-state index contributed by atoms with van der Waals surface area (Å²) in [5, 5.41) is 17.2. The Hall–Kier alpha value is -3.94. The molecule has 2 heterocycles. The van der Waals surface area contributed by atoms with E-state index in [1.165, 1.54) is 0 Å². The number of hydrogen-bond acceptors (Lipinski definition) is 8. The van der Waals surface area contributed by atoms with Crippen LogP contribution >= 0.6 is 0 Å². The number of nitrogens with one attached hydrogen (secondary N) is 1. The molecule has 2 N–H and O–H groups in total. The maximum atomic E-state index is 13.7. The molecular weight excluding hydrogens is 436 g/mol. The van der Waals surface area contributed by atoms with Crippen LogP contribution in [-0.4, -0.2) is 37.4 Å². The standard InChI is InChI=1S/C26H26N2O6/c1-13-21-22(17-9-10-20(31-2)25(33-4)24(17)32-3)23-18(27-26(21)34-28-13)11-15(12-19(23)30)14-5-7-16(29)8-6-14/h5-10,15,22,27,29H,11-12H2,1-4H3/t15-,22-/m1/s1. The first-order valence-corrected chi connectivity index (χ1v) is 11.0. The summed E-state index contributed by atoms with van der Waals surface area (Å²) in [4.78, 5) is 13.7. The number of ketones is 1. The van der Waals surface area contributed by atoms with Crippen LogP contribution in [-0.2, 0) is 4.79 Å². The van der Waals surface area contributed by atoms with Crippen LogP contribution in [0.5, 0.6) is 23.0 Å². The molecule has 8 heteroatoms. The molecule has 1 aromatic heterocycles. The molecule has 0 saturated carbocycles. The van der Waals surface area contributed by atoms with Gasteiger partial charge in [0.2, 0.25) is 11.6 Å². The van der Waals surface area contributed by atoms with E-state index in [0.29, 0.717) is 47.2 Å². The number of aromatic nitrogens is 1. The zero-order valence-electron chi connectivity index (χ0n) is 19.5. The van der Waals surface area contributed by atoms with Crippen molar-refractivity contribution in [3.05, 3.63) is 70.1 Å². The first-order valence-electron chi connectivity index (χ1n) is 11.0. The van der Waals surface area contributed by atoms with Gasteiger partial charge >= 0.3 is 0 Å². The third-order valence-electron chi connectivity index (χ3n) is 6.67. The van der Waals surface area contributed by atoms with Gasteiger partial charge in [-0.1, -0.05) is 23.4 Å². The van der Waals surface area contributed by atoms with Crippen molar-refractivity contribution in [2.45, 2.75) is 31.6 Å². The van der Waals surface area contributed by atoms with Crippen molar-refractivity contribution in [2.24, 2.45) is 0 Å². The van der Waals surface area contributed by atoms with Crippen LogP contribution < -0.4 is 19.5 Å². The van der Waals surface area contributed by atoms with Crippen molar-refractivity contribution >= 4 is 11.7 Å². The molecular formula is C26H26N2O6. The summed E-state index contributed by atoms with van der Waals surface area (Å²) < 4.78 is 22.5. The fourth-order valence-electron chi connectivity index (χ4n) is 5.12. The number of nitrogens with zero attached hydrogens (tertiary/aromatic N) is 1. The Morgan fingerprint density at radius 3 is 2.41 bits per heavy atom. The lowest BCUT2D eigenvalue weighted by atomic mass is 9.72. The van der Waals surface area contributed by atoms with Crippen LogP contribution in [0, 0.1) is 6.92 Å². The zero-order valence-corrected chi connectivity index (χ0v) is 19.5. The molecule has 0 saturated heterocycles. The van der Waals surface area contributed by atoms with Gasteiger partial charge < -0.3 is 29.2 Å². The fraction of sp³-hybridized carbons (Fsp3) is 0.308. The number of hydrogen-bond donors (Lipinski definition) is 2. The average molecular weight is 463 g/mol. The van der Waals surface area contributed by atoms with Crippen molar-refractivity contribution in [1.82, 2.24) is 5.16 Å². The molecule has 3 aromatic rings. The van der Waals surface area contributed by atoms with Crippen molar-refractivity contribution in [3.8, 4) is 23.0 Å². The summed E-state index contributed by atoms with van der Waals surface area (Å²) in [6, 6.07) is 10.7. The van der Waals surface area contributed by atoms with Crippen LogP contribution in [0.15, 0.2) is 52.2 Å². The molecule has 0 fully saturated rings. The number of aromatic hydroxyl groups is 1. The SMILES string of the molecule is COc1ccc([C@H]2C3=C(C[C@@H](c4ccc(O)cc4)CC3=O)Nc3onc(C)c32)c(OC)c1OC. The second kappa shape index (κ2) is 8.44. The molecule has 8 nitrogen and oxygen atoms in total. The lowest BCUT2D eigenvalue weighted by Gasteiger charge is -2.35. The van der Waals surface area contributed by atoms with Crippen molar-refractivity contribution < 1.29 is 28.6 Å². The molecule has 0 spiro atoms. The fourth-order valence-corrected chi connectivity index (χ4v) is 5.12. The molecule has 2 aliphatic rings. The first kappa shape index (κ1) is 21.9. The van der Waals surface area contributed by atoms with Crippen LogP contribution in [0.4, 0.5) is 5.88 Å². The van der Waals surface area contributed by atoms with E-state index in [1.54, 1.807) is 33.5 Å². The molecule has 2 aromatic carbocycles. The topological polar surface area (TPSA) is 103 Å². The Morgan fingerprint density at radius 1 is 1.00 bits per heavy atom. The normalized spacial score (nSPS) is 19.2. The highest BCUT2D eigenvalue weighted by Gasteiger charge is 2.42. The van der Waals surface area contributed by atoms with Gasteiger partial charge in [-0.3, -0.25) is 4.79 Å². The smallest absolute Gasteiger partial charge is 0.233 e. The van der Waals surface area contributed by atoms with Gasteiger partial charge in [-0.2, -0.15) is 0 Å². The monoisotopic (exact) mass is 462 g/mol. The predicted molar refractivity (Wildman–Crippen MR) is 125 cm³/mol. The Labute approximate surface area is 197 Å². The van der Waals surface area contributed by atoms with Gasteiger partial charge in [-0.15, -0.1) is 0 Å². The molecule has 34 heavy (non-hydrogen) atoms. The minimum absolute atomic E-state index is 0.0159. The number of aryl methyl sites for hydroxylation is 1. The van der Waals surface area contributed by atoms with E-state index < -0.39 is 5.92 Å². The van der Waals surface area contributed by atoms with Crippen molar-refractivity contribution in [3.63, 3.8) is 0 Å². The molecule has 176 valence electrons. The lowest BCUT2D eigenvalue weighted by molar-refractivity contribution is -0.116. The van der Waals surface area contributed by atoms with Gasteiger partial charge in [0.05, 0.1) is 38.5 Å². The summed E-state index contributed by atoms with van der Waals surface area (Å²) in [7, 11) is 4.70. The summed E-state index contributed by atoms with van der Waals surface area (Å²) >= 11 is 0. The van der Waals surface area contributed by atoms with Gasteiger partial charge in [0.15, 0.2) is 17.3 Å². The van der Waals surface area contributed by atoms with E-state index in [4.69, 9.17) is 18.7 Å². The van der Waals surface area contributed by atoms with E-state index in [1.807, 2.05) is 31.2 Å². The molecule has 0 radical (unpaired) electrons.